The lowest BCUT2D eigenvalue weighted by atomic mass is 10.1. The van der Waals surface area contributed by atoms with Gasteiger partial charge in [0.1, 0.15) is 5.75 Å². The Kier molecular flexibility index (Phi) is 2.54. The molecule has 0 bridgehead atoms. The highest BCUT2D eigenvalue weighted by Gasteiger charge is 2.04. The van der Waals surface area contributed by atoms with Crippen LogP contribution in [0.5, 0.6) is 5.75 Å². The van der Waals surface area contributed by atoms with Gasteiger partial charge in [-0.15, -0.1) is 0 Å². The van der Waals surface area contributed by atoms with Crippen LogP contribution in [-0.2, 0) is 0 Å². The number of aromatic nitrogens is 1. The Hall–Kier alpha value is -2.03. The van der Waals surface area contributed by atoms with E-state index in [0.717, 1.165) is 17.0 Å². The van der Waals surface area contributed by atoms with E-state index in [1.165, 1.54) is 0 Å². The fourth-order valence-electron chi connectivity index (χ4n) is 1.42. The molecule has 0 fully saturated rings. The van der Waals surface area contributed by atoms with Gasteiger partial charge in [0, 0.05) is 5.56 Å². The summed E-state index contributed by atoms with van der Waals surface area (Å²) in [5, 5.41) is 0. The minimum Gasteiger partial charge on any atom is -0.496 e. The van der Waals surface area contributed by atoms with Crippen LogP contribution in [0.1, 0.15) is 0 Å². The number of methoxy groups -OCH3 is 1. The van der Waals surface area contributed by atoms with Crippen LogP contribution < -0.4 is 10.5 Å². The Morgan fingerprint density at radius 2 is 1.93 bits per heavy atom. The van der Waals surface area contributed by atoms with Crippen molar-refractivity contribution in [1.29, 1.82) is 0 Å². The molecule has 76 valence electrons. The number of ether oxygens (including phenoxy) is 1. The highest BCUT2D eigenvalue weighted by atomic mass is 16.5. The van der Waals surface area contributed by atoms with Gasteiger partial charge in [-0.1, -0.05) is 12.1 Å². The smallest absolute Gasteiger partial charge is 0.128 e. The summed E-state index contributed by atoms with van der Waals surface area (Å²) in [5.74, 6) is 0.815. The van der Waals surface area contributed by atoms with Crippen molar-refractivity contribution in [1.82, 2.24) is 4.98 Å². The van der Waals surface area contributed by atoms with Gasteiger partial charge in [0.2, 0.25) is 0 Å². The molecule has 0 radical (unpaired) electrons. The van der Waals surface area contributed by atoms with Crippen LogP contribution in [0, 0.1) is 0 Å². The van der Waals surface area contributed by atoms with Crippen molar-refractivity contribution in [3.8, 4) is 17.0 Å². The van der Waals surface area contributed by atoms with Crippen molar-refractivity contribution in [3.05, 3.63) is 42.6 Å². The summed E-state index contributed by atoms with van der Waals surface area (Å²) < 4.78 is 5.26. The molecule has 2 N–H and O–H groups in total. The molecule has 0 saturated heterocycles. The number of hydrogen-bond acceptors (Lipinski definition) is 3. The largest absolute Gasteiger partial charge is 0.496 e. The first-order valence-electron chi connectivity index (χ1n) is 4.66. The second-order valence-corrected chi connectivity index (χ2v) is 3.18. The number of pyridine rings is 1. The normalized spacial score (nSPS) is 9.93. The number of nitrogen functional groups attached to an aromatic ring is 1. The molecular formula is C12H12N2O. The van der Waals surface area contributed by atoms with E-state index in [4.69, 9.17) is 10.5 Å². The van der Waals surface area contributed by atoms with Gasteiger partial charge in [-0.05, 0) is 24.3 Å². The summed E-state index contributed by atoms with van der Waals surface area (Å²) in [7, 11) is 1.65. The molecule has 0 saturated carbocycles. The molecule has 2 aromatic rings. The van der Waals surface area contributed by atoms with Crippen LogP contribution in [0.4, 0.5) is 5.69 Å². The van der Waals surface area contributed by atoms with E-state index < -0.39 is 0 Å². The SMILES string of the molecule is COc1ccccc1-c1ccc(N)cn1. The number of rotatable bonds is 2. The third-order valence-electron chi connectivity index (χ3n) is 2.17. The fraction of sp³-hybridized carbons (Fsp3) is 0.0833. The monoisotopic (exact) mass is 200 g/mol. The average molecular weight is 200 g/mol. The molecule has 1 aromatic carbocycles. The van der Waals surface area contributed by atoms with E-state index in [-0.39, 0.29) is 0 Å². The minimum atomic E-state index is 0.661. The van der Waals surface area contributed by atoms with E-state index >= 15 is 0 Å². The van der Waals surface area contributed by atoms with Crippen LogP contribution in [0.2, 0.25) is 0 Å². The van der Waals surface area contributed by atoms with E-state index in [1.54, 1.807) is 13.3 Å². The van der Waals surface area contributed by atoms with E-state index in [9.17, 15) is 0 Å². The Balaban J connectivity index is 2.49. The Morgan fingerprint density at radius 1 is 1.13 bits per heavy atom. The van der Waals surface area contributed by atoms with Gasteiger partial charge < -0.3 is 10.5 Å². The maximum absolute atomic E-state index is 5.58. The molecule has 0 unspecified atom stereocenters. The summed E-state index contributed by atoms with van der Waals surface area (Å²) >= 11 is 0. The van der Waals surface area contributed by atoms with Gasteiger partial charge in [0.15, 0.2) is 0 Å². The fourth-order valence-corrected chi connectivity index (χ4v) is 1.42. The standard InChI is InChI=1S/C12H12N2O/c1-15-12-5-3-2-4-10(12)11-7-6-9(13)8-14-11/h2-8H,13H2,1H3. The quantitative estimate of drug-likeness (QED) is 0.809. The van der Waals surface area contributed by atoms with Crippen molar-refractivity contribution in [3.63, 3.8) is 0 Å². The third-order valence-corrected chi connectivity index (χ3v) is 2.17. The number of para-hydroxylation sites is 1. The third kappa shape index (κ3) is 1.91. The number of anilines is 1. The molecule has 3 nitrogen and oxygen atoms in total. The van der Waals surface area contributed by atoms with E-state index in [1.807, 2.05) is 36.4 Å². The Bertz CT molecular complexity index is 451. The van der Waals surface area contributed by atoms with Gasteiger partial charge >= 0.3 is 0 Å². The first-order chi connectivity index (χ1) is 7.31. The van der Waals surface area contributed by atoms with Crippen LogP contribution in [0.3, 0.4) is 0 Å². The number of nitrogens with two attached hydrogens (primary N) is 1. The summed E-state index contributed by atoms with van der Waals surface area (Å²) in [4.78, 5) is 4.25. The summed E-state index contributed by atoms with van der Waals surface area (Å²) in [6, 6.07) is 11.5. The predicted molar refractivity (Wildman–Crippen MR) is 60.6 cm³/mol. The molecule has 0 amide bonds. The van der Waals surface area contributed by atoms with Gasteiger partial charge in [0.05, 0.1) is 24.7 Å². The number of benzene rings is 1. The van der Waals surface area contributed by atoms with Crippen molar-refractivity contribution in [2.24, 2.45) is 0 Å². The summed E-state index contributed by atoms with van der Waals surface area (Å²) in [6.45, 7) is 0. The zero-order valence-electron chi connectivity index (χ0n) is 8.47. The maximum Gasteiger partial charge on any atom is 0.128 e. The summed E-state index contributed by atoms with van der Waals surface area (Å²) in [6.07, 6.45) is 1.64. The van der Waals surface area contributed by atoms with Gasteiger partial charge in [0.25, 0.3) is 0 Å². The van der Waals surface area contributed by atoms with Crippen LogP contribution in [0.25, 0.3) is 11.3 Å². The molecule has 3 heteroatoms. The molecular weight excluding hydrogens is 188 g/mol. The molecule has 2 rings (SSSR count). The van der Waals surface area contributed by atoms with Crippen LogP contribution in [0.15, 0.2) is 42.6 Å². The lowest BCUT2D eigenvalue weighted by Gasteiger charge is -2.07. The second kappa shape index (κ2) is 4.00. The number of nitrogens with zero attached hydrogens (tertiary/aromatic N) is 1. The molecule has 1 aromatic heterocycles. The Labute approximate surface area is 88.5 Å². The molecule has 1 heterocycles. The predicted octanol–water partition coefficient (Wildman–Crippen LogP) is 2.34. The van der Waals surface area contributed by atoms with E-state index in [0.29, 0.717) is 5.69 Å². The maximum atomic E-state index is 5.58. The topological polar surface area (TPSA) is 48.1 Å². The Morgan fingerprint density at radius 3 is 2.60 bits per heavy atom. The van der Waals surface area contributed by atoms with Crippen molar-refractivity contribution in [2.45, 2.75) is 0 Å². The first kappa shape index (κ1) is 9.52. The van der Waals surface area contributed by atoms with Crippen molar-refractivity contribution in [2.75, 3.05) is 12.8 Å². The lowest BCUT2D eigenvalue weighted by Crippen LogP contribution is -1.91. The molecule has 0 aliphatic carbocycles. The molecule has 0 aliphatic rings. The molecule has 15 heavy (non-hydrogen) atoms. The lowest BCUT2D eigenvalue weighted by molar-refractivity contribution is 0.416. The molecule has 0 aliphatic heterocycles. The highest BCUT2D eigenvalue weighted by Crippen LogP contribution is 2.27. The van der Waals surface area contributed by atoms with Gasteiger partial charge in [-0.3, -0.25) is 4.98 Å². The number of hydrogen-bond donors (Lipinski definition) is 1. The summed E-state index contributed by atoms with van der Waals surface area (Å²) in [5.41, 5.74) is 8.08. The average Bonchev–Trinajstić information content (AvgIpc) is 2.30. The van der Waals surface area contributed by atoms with Crippen LogP contribution in [-0.4, -0.2) is 12.1 Å². The highest BCUT2D eigenvalue weighted by molar-refractivity contribution is 5.67. The molecule has 0 atom stereocenters. The second-order valence-electron chi connectivity index (χ2n) is 3.18. The van der Waals surface area contributed by atoms with Crippen molar-refractivity contribution < 1.29 is 4.74 Å². The van der Waals surface area contributed by atoms with Crippen LogP contribution >= 0.6 is 0 Å². The van der Waals surface area contributed by atoms with E-state index in [2.05, 4.69) is 4.98 Å². The molecule has 0 spiro atoms. The van der Waals surface area contributed by atoms with Gasteiger partial charge in [-0.25, -0.2) is 0 Å². The van der Waals surface area contributed by atoms with Crippen molar-refractivity contribution >= 4 is 5.69 Å². The minimum absolute atomic E-state index is 0.661. The zero-order chi connectivity index (χ0) is 10.7. The first-order valence-corrected chi connectivity index (χ1v) is 4.66. The zero-order valence-corrected chi connectivity index (χ0v) is 8.47. The van der Waals surface area contributed by atoms with Gasteiger partial charge in [-0.2, -0.15) is 0 Å².